The molecular weight excluding hydrogens is 224 g/mol. The number of hydrogen-bond donors (Lipinski definition) is 1. The number of aromatic hydroxyl groups is 1. The van der Waals surface area contributed by atoms with Crippen molar-refractivity contribution in [2.75, 3.05) is 0 Å². The van der Waals surface area contributed by atoms with Gasteiger partial charge in [-0.1, -0.05) is 6.07 Å². The predicted octanol–water partition coefficient (Wildman–Crippen LogP) is 2.64. The van der Waals surface area contributed by atoms with Gasteiger partial charge in [0.15, 0.2) is 5.76 Å². The van der Waals surface area contributed by atoms with Crippen LogP contribution < -0.4 is 0 Å². The molecule has 1 heterocycles. The lowest BCUT2D eigenvalue weighted by Crippen LogP contribution is -1.83. The summed E-state index contributed by atoms with van der Waals surface area (Å²) < 4.78 is 4.89. The van der Waals surface area contributed by atoms with Crippen molar-refractivity contribution in [3.63, 3.8) is 0 Å². The highest BCUT2D eigenvalue weighted by molar-refractivity contribution is 5.79. The first kappa shape index (κ1) is 10.9. The number of benzene rings is 1. The van der Waals surface area contributed by atoms with Gasteiger partial charge in [-0.15, -0.1) is 0 Å². The number of rotatable bonds is 3. The molecule has 6 nitrogen and oxygen atoms in total. The molecule has 0 aliphatic carbocycles. The summed E-state index contributed by atoms with van der Waals surface area (Å²) in [6.07, 6.45) is 1.35. The fourth-order valence-electron chi connectivity index (χ4n) is 1.22. The summed E-state index contributed by atoms with van der Waals surface area (Å²) >= 11 is 0. The van der Waals surface area contributed by atoms with Gasteiger partial charge in [0.1, 0.15) is 10.7 Å². The zero-order chi connectivity index (χ0) is 12.3. The molecule has 0 spiro atoms. The number of furan rings is 1. The Bertz CT molecular complexity index is 574. The summed E-state index contributed by atoms with van der Waals surface area (Å²) in [6.45, 7) is 0. The Labute approximate surface area is 96.0 Å². The Kier molecular flexibility index (Phi) is 2.87. The molecule has 2 aromatic rings. The van der Waals surface area contributed by atoms with Gasteiger partial charge >= 0.3 is 5.88 Å². The van der Waals surface area contributed by atoms with Crippen LogP contribution in [0.5, 0.6) is 5.75 Å². The van der Waals surface area contributed by atoms with Crippen molar-refractivity contribution in [3.8, 4) is 5.75 Å². The van der Waals surface area contributed by atoms with Crippen molar-refractivity contribution in [1.29, 1.82) is 0 Å². The molecule has 1 N–H and O–H groups in total. The van der Waals surface area contributed by atoms with Crippen LogP contribution in [0, 0.1) is 10.1 Å². The minimum atomic E-state index is -0.619. The average molecular weight is 232 g/mol. The molecule has 0 atom stereocenters. The van der Waals surface area contributed by atoms with Gasteiger partial charge in [0.25, 0.3) is 0 Å². The third-order valence-electron chi connectivity index (χ3n) is 1.96. The Morgan fingerprint density at radius 1 is 1.35 bits per heavy atom. The number of nitro groups is 1. The van der Waals surface area contributed by atoms with Crippen molar-refractivity contribution in [1.82, 2.24) is 0 Å². The predicted molar refractivity (Wildman–Crippen MR) is 60.7 cm³/mol. The van der Waals surface area contributed by atoms with Crippen molar-refractivity contribution in [3.05, 3.63) is 52.3 Å². The Morgan fingerprint density at radius 2 is 2.18 bits per heavy atom. The van der Waals surface area contributed by atoms with Crippen LogP contribution in [0.3, 0.4) is 0 Å². The molecule has 6 heteroatoms. The number of nitrogens with zero attached hydrogens (tertiary/aromatic N) is 2. The van der Waals surface area contributed by atoms with E-state index < -0.39 is 4.92 Å². The SMILES string of the molecule is O=[N+]([O-])c1ccc(C=Nc2cccc(O)c2)o1. The molecule has 0 amide bonds. The smallest absolute Gasteiger partial charge is 0.433 e. The Hall–Kier alpha value is -2.63. The average Bonchev–Trinajstić information content (AvgIpc) is 2.75. The minimum Gasteiger partial charge on any atom is -0.508 e. The number of aliphatic imine (C=N–C) groups is 1. The van der Waals surface area contributed by atoms with Gasteiger partial charge in [0, 0.05) is 6.07 Å². The maximum atomic E-state index is 10.4. The lowest BCUT2D eigenvalue weighted by Gasteiger charge is -1.93. The van der Waals surface area contributed by atoms with Crippen LogP contribution in [0.4, 0.5) is 11.6 Å². The van der Waals surface area contributed by atoms with Crippen LogP contribution >= 0.6 is 0 Å². The van der Waals surface area contributed by atoms with Gasteiger partial charge in [-0.25, -0.2) is 0 Å². The molecule has 0 saturated heterocycles. The first-order chi connectivity index (χ1) is 8.15. The fraction of sp³-hybridized carbons (Fsp3) is 0. The quantitative estimate of drug-likeness (QED) is 0.500. The largest absolute Gasteiger partial charge is 0.508 e. The summed E-state index contributed by atoms with van der Waals surface area (Å²) in [4.78, 5) is 13.8. The third kappa shape index (κ3) is 2.69. The molecule has 1 aromatic heterocycles. The highest BCUT2D eigenvalue weighted by atomic mass is 16.6. The van der Waals surface area contributed by atoms with Crippen LogP contribution in [0.25, 0.3) is 0 Å². The van der Waals surface area contributed by atoms with E-state index in [1.807, 2.05) is 0 Å². The van der Waals surface area contributed by atoms with Gasteiger partial charge in [-0.3, -0.25) is 15.1 Å². The third-order valence-corrected chi connectivity index (χ3v) is 1.96. The number of phenolic OH excluding ortho intramolecular Hbond substituents is 1. The maximum absolute atomic E-state index is 10.4. The number of hydrogen-bond acceptors (Lipinski definition) is 5. The molecule has 2 rings (SSSR count). The van der Waals surface area contributed by atoms with E-state index in [0.717, 1.165) is 0 Å². The molecule has 0 unspecified atom stereocenters. The molecular formula is C11H8N2O4. The lowest BCUT2D eigenvalue weighted by molar-refractivity contribution is -0.402. The van der Waals surface area contributed by atoms with Crippen LogP contribution in [0.15, 0.2) is 45.8 Å². The second kappa shape index (κ2) is 4.48. The maximum Gasteiger partial charge on any atom is 0.433 e. The molecule has 86 valence electrons. The van der Waals surface area contributed by atoms with E-state index in [0.29, 0.717) is 5.69 Å². The normalized spacial score (nSPS) is 10.8. The molecule has 17 heavy (non-hydrogen) atoms. The van der Waals surface area contributed by atoms with Crippen molar-refractivity contribution in [2.45, 2.75) is 0 Å². The van der Waals surface area contributed by atoms with Crippen LogP contribution in [0.1, 0.15) is 5.76 Å². The van der Waals surface area contributed by atoms with E-state index in [4.69, 9.17) is 4.42 Å². The summed E-state index contributed by atoms with van der Waals surface area (Å²) in [5.74, 6) is 0.0486. The summed E-state index contributed by atoms with van der Waals surface area (Å²) in [5, 5.41) is 19.6. The monoisotopic (exact) mass is 232 g/mol. The standard InChI is InChI=1S/C11H8N2O4/c14-9-3-1-2-8(6-9)12-7-10-4-5-11(17-10)13(15)16/h1-7,14H. The van der Waals surface area contributed by atoms with Crippen LogP contribution in [0.2, 0.25) is 0 Å². The first-order valence-corrected chi connectivity index (χ1v) is 4.72. The zero-order valence-electron chi connectivity index (χ0n) is 8.61. The molecule has 0 radical (unpaired) electrons. The van der Waals surface area contributed by atoms with E-state index in [1.165, 1.54) is 30.5 Å². The minimum absolute atomic E-state index is 0.102. The van der Waals surface area contributed by atoms with Crippen molar-refractivity contribution >= 4 is 17.8 Å². The zero-order valence-corrected chi connectivity index (χ0v) is 8.61. The Balaban J connectivity index is 2.17. The first-order valence-electron chi connectivity index (χ1n) is 4.72. The highest BCUT2D eigenvalue weighted by Gasteiger charge is 2.09. The second-order valence-electron chi connectivity index (χ2n) is 3.21. The van der Waals surface area contributed by atoms with Crippen LogP contribution in [-0.2, 0) is 0 Å². The topological polar surface area (TPSA) is 88.9 Å². The fourth-order valence-corrected chi connectivity index (χ4v) is 1.22. The van der Waals surface area contributed by atoms with Crippen molar-refractivity contribution in [2.24, 2.45) is 4.99 Å². The van der Waals surface area contributed by atoms with Gasteiger partial charge < -0.3 is 9.52 Å². The van der Waals surface area contributed by atoms with E-state index in [-0.39, 0.29) is 17.4 Å². The van der Waals surface area contributed by atoms with Gasteiger partial charge in [0.05, 0.1) is 18.0 Å². The van der Waals surface area contributed by atoms with Crippen molar-refractivity contribution < 1.29 is 14.4 Å². The molecule has 1 aromatic carbocycles. The van der Waals surface area contributed by atoms with E-state index in [2.05, 4.69) is 4.99 Å². The summed E-state index contributed by atoms with van der Waals surface area (Å²) in [6, 6.07) is 9.03. The number of phenols is 1. The van der Waals surface area contributed by atoms with E-state index in [9.17, 15) is 15.2 Å². The molecule has 0 bridgehead atoms. The summed E-state index contributed by atoms with van der Waals surface area (Å²) in [5.41, 5.74) is 0.532. The van der Waals surface area contributed by atoms with Gasteiger partial charge in [-0.05, 0) is 18.2 Å². The van der Waals surface area contributed by atoms with Gasteiger partial charge in [0.2, 0.25) is 0 Å². The molecule has 0 saturated carbocycles. The lowest BCUT2D eigenvalue weighted by atomic mass is 10.3. The van der Waals surface area contributed by atoms with Crippen LogP contribution in [-0.4, -0.2) is 16.2 Å². The Morgan fingerprint density at radius 3 is 2.82 bits per heavy atom. The van der Waals surface area contributed by atoms with E-state index >= 15 is 0 Å². The highest BCUT2D eigenvalue weighted by Crippen LogP contribution is 2.19. The van der Waals surface area contributed by atoms with Gasteiger partial charge in [-0.2, -0.15) is 0 Å². The van der Waals surface area contributed by atoms with E-state index in [1.54, 1.807) is 12.1 Å². The summed E-state index contributed by atoms with van der Waals surface area (Å²) in [7, 11) is 0. The second-order valence-corrected chi connectivity index (χ2v) is 3.21. The molecule has 0 aliphatic heterocycles. The molecule has 0 aliphatic rings. The molecule has 0 fully saturated rings.